The molecule has 0 rings (SSSR count). The minimum atomic E-state index is 0.0298. The minimum absolute atomic E-state index is 0.0298. The van der Waals surface area contributed by atoms with Crippen LogP contribution in [-0.4, -0.2) is 39.6 Å². The molecule has 0 aliphatic heterocycles. The van der Waals surface area contributed by atoms with Crippen LogP contribution >= 0.6 is 0 Å². The predicted molar refractivity (Wildman–Crippen MR) is 62.2 cm³/mol. The second-order valence-corrected chi connectivity index (χ2v) is 3.76. The maximum atomic E-state index is 5.52. The van der Waals surface area contributed by atoms with E-state index < -0.39 is 0 Å². The average Bonchev–Trinajstić information content (AvgIpc) is 2.29. The number of rotatable bonds is 10. The molecule has 0 unspecified atom stereocenters. The summed E-state index contributed by atoms with van der Waals surface area (Å²) in [6, 6.07) is 0. The molecule has 0 aliphatic carbocycles. The summed E-state index contributed by atoms with van der Waals surface area (Å²) >= 11 is 0. The molecule has 0 aromatic rings. The van der Waals surface area contributed by atoms with E-state index in [0.717, 1.165) is 46.1 Å². The Morgan fingerprint density at radius 2 is 1.00 bits per heavy atom. The van der Waals surface area contributed by atoms with E-state index in [9.17, 15) is 0 Å². The topological polar surface area (TPSA) is 27.7 Å². The standard InChI is InChI=1S/C12H26O3/c1-5-12(9-13-6-2,10-14-7-3)11-15-8-4/h5-11H2,1-4H3. The van der Waals surface area contributed by atoms with Crippen LogP contribution in [0.25, 0.3) is 0 Å². The van der Waals surface area contributed by atoms with E-state index >= 15 is 0 Å². The summed E-state index contributed by atoms with van der Waals surface area (Å²) < 4.78 is 16.6. The van der Waals surface area contributed by atoms with Crippen molar-refractivity contribution in [3.63, 3.8) is 0 Å². The smallest absolute Gasteiger partial charge is 0.0566 e. The van der Waals surface area contributed by atoms with E-state index in [1.54, 1.807) is 0 Å². The Balaban J connectivity index is 4.16. The molecule has 0 aliphatic rings. The molecule has 3 nitrogen and oxygen atoms in total. The molecule has 0 spiro atoms. The number of hydrogen-bond donors (Lipinski definition) is 0. The van der Waals surface area contributed by atoms with Gasteiger partial charge in [-0.3, -0.25) is 0 Å². The first kappa shape index (κ1) is 14.9. The molecule has 0 amide bonds. The van der Waals surface area contributed by atoms with Crippen LogP contribution in [0.1, 0.15) is 34.1 Å². The maximum absolute atomic E-state index is 5.52. The Morgan fingerprint density at radius 3 is 1.20 bits per heavy atom. The van der Waals surface area contributed by atoms with Crippen LogP contribution in [0.4, 0.5) is 0 Å². The van der Waals surface area contributed by atoms with Crippen LogP contribution in [-0.2, 0) is 14.2 Å². The molecular formula is C12H26O3. The molecule has 3 heteroatoms. The van der Waals surface area contributed by atoms with Crippen molar-refractivity contribution in [2.75, 3.05) is 39.6 Å². The van der Waals surface area contributed by atoms with E-state index in [1.165, 1.54) is 0 Å². The Morgan fingerprint density at radius 1 is 0.667 bits per heavy atom. The van der Waals surface area contributed by atoms with E-state index in [1.807, 2.05) is 20.8 Å². The van der Waals surface area contributed by atoms with Crippen molar-refractivity contribution in [3.8, 4) is 0 Å². The minimum Gasteiger partial charge on any atom is -0.381 e. The zero-order chi connectivity index (χ0) is 11.6. The molecular weight excluding hydrogens is 192 g/mol. The predicted octanol–water partition coefficient (Wildman–Crippen LogP) is 2.49. The van der Waals surface area contributed by atoms with Crippen molar-refractivity contribution in [1.82, 2.24) is 0 Å². The van der Waals surface area contributed by atoms with Gasteiger partial charge in [-0.1, -0.05) is 6.92 Å². The maximum Gasteiger partial charge on any atom is 0.0566 e. The van der Waals surface area contributed by atoms with Gasteiger partial charge >= 0.3 is 0 Å². The Hall–Kier alpha value is -0.120. The van der Waals surface area contributed by atoms with Crippen molar-refractivity contribution in [2.24, 2.45) is 5.41 Å². The molecule has 0 bridgehead atoms. The van der Waals surface area contributed by atoms with Crippen LogP contribution < -0.4 is 0 Å². The van der Waals surface area contributed by atoms with Crippen LogP contribution in [0, 0.1) is 5.41 Å². The van der Waals surface area contributed by atoms with Crippen LogP contribution in [0.15, 0.2) is 0 Å². The van der Waals surface area contributed by atoms with Crippen LogP contribution in [0.2, 0.25) is 0 Å². The molecule has 0 heterocycles. The third kappa shape index (κ3) is 6.13. The zero-order valence-corrected chi connectivity index (χ0v) is 10.7. The SMILES string of the molecule is CCOCC(CC)(COCC)COCC. The quantitative estimate of drug-likeness (QED) is 0.564. The largest absolute Gasteiger partial charge is 0.381 e. The molecule has 0 atom stereocenters. The summed E-state index contributed by atoms with van der Waals surface area (Å²) in [7, 11) is 0. The lowest BCUT2D eigenvalue weighted by Gasteiger charge is -2.31. The number of hydrogen-bond acceptors (Lipinski definition) is 3. The van der Waals surface area contributed by atoms with Gasteiger partial charge in [0.2, 0.25) is 0 Å². The molecule has 0 aromatic heterocycles. The molecule has 0 fully saturated rings. The van der Waals surface area contributed by atoms with E-state index in [-0.39, 0.29) is 5.41 Å². The summed E-state index contributed by atoms with van der Waals surface area (Å²) in [6.07, 6.45) is 1.02. The van der Waals surface area contributed by atoms with Crippen LogP contribution in [0.5, 0.6) is 0 Å². The molecule has 0 radical (unpaired) electrons. The summed E-state index contributed by atoms with van der Waals surface area (Å²) in [4.78, 5) is 0. The van der Waals surface area contributed by atoms with Gasteiger partial charge in [0.25, 0.3) is 0 Å². The normalized spacial score (nSPS) is 12.0. The first-order valence-corrected chi connectivity index (χ1v) is 5.97. The Bertz CT molecular complexity index is 115. The second-order valence-electron chi connectivity index (χ2n) is 3.76. The monoisotopic (exact) mass is 218 g/mol. The fraction of sp³-hybridized carbons (Fsp3) is 1.00. The Labute approximate surface area is 94.1 Å². The Kier molecular flexibility index (Phi) is 9.06. The summed E-state index contributed by atoms with van der Waals surface area (Å²) in [5.74, 6) is 0. The average molecular weight is 218 g/mol. The van der Waals surface area contributed by atoms with Gasteiger partial charge in [0, 0.05) is 25.2 Å². The van der Waals surface area contributed by atoms with Crippen molar-refractivity contribution in [3.05, 3.63) is 0 Å². The molecule has 0 aromatic carbocycles. The van der Waals surface area contributed by atoms with Gasteiger partial charge < -0.3 is 14.2 Å². The van der Waals surface area contributed by atoms with E-state index in [0.29, 0.717) is 0 Å². The van der Waals surface area contributed by atoms with Gasteiger partial charge in [-0.05, 0) is 27.2 Å². The summed E-state index contributed by atoms with van der Waals surface area (Å²) in [5.41, 5.74) is 0.0298. The van der Waals surface area contributed by atoms with Crippen LogP contribution in [0.3, 0.4) is 0 Å². The molecule has 0 N–H and O–H groups in total. The first-order chi connectivity index (χ1) is 7.24. The molecule has 15 heavy (non-hydrogen) atoms. The van der Waals surface area contributed by atoms with Gasteiger partial charge in [-0.15, -0.1) is 0 Å². The first-order valence-electron chi connectivity index (χ1n) is 5.97. The third-order valence-electron chi connectivity index (χ3n) is 2.59. The summed E-state index contributed by atoms with van der Waals surface area (Å²) in [6.45, 7) is 12.6. The molecule has 0 saturated heterocycles. The van der Waals surface area contributed by atoms with Crippen molar-refractivity contribution < 1.29 is 14.2 Å². The van der Waals surface area contributed by atoms with Gasteiger partial charge in [-0.25, -0.2) is 0 Å². The highest BCUT2D eigenvalue weighted by atomic mass is 16.5. The lowest BCUT2D eigenvalue weighted by Crippen LogP contribution is -2.36. The van der Waals surface area contributed by atoms with Crippen molar-refractivity contribution >= 4 is 0 Å². The molecule has 0 saturated carbocycles. The second kappa shape index (κ2) is 9.13. The fourth-order valence-electron chi connectivity index (χ4n) is 1.39. The van der Waals surface area contributed by atoms with Gasteiger partial charge in [0.1, 0.15) is 0 Å². The van der Waals surface area contributed by atoms with E-state index in [2.05, 4.69) is 6.92 Å². The number of ether oxygens (including phenoxy) is 3. The van der Waals surface area contributed by atoms with Crippen molar-refractivity contribution in [2.45, 2.75) is 34.1 Å². The summed E-state index contributed by atoms with van der Waals surface area (Å²) in [5, 5.41) is 0. The lowest BCUT2D eigenvalue weighted by atomic mass is 9.88. The molecule has 92 valence electrons. The highest BCUT2D eigenvalue weighted by Gasteiger charge is 2.29. The fourth-order valence-corrected chi connectivity index (χ4v) is 1.39. The van der Waals surface area contributed by atoms with Gasteiger partial charge in [0.05, 0.1) is 19.8 Å². The van der Waals surface area contributed by atoms with Gasteiger partial charge in [0.15, 0.2) is 0 Å². The zero-order valence-electron chi connectivity index (χ0n) is 10.7. The van der Waals surface area contributed by atoms with E-state index in [4.69, 9.17) is 14.2 Å². The third-order valence-corrected chi connectivity index (χ3v) is 2.59. The van der Waals surface area contributed by atoms with Crippen molar-refractivity contribution in [1.29, 1.82) is 0 Å². The van der Waals surface area contributed by atoms with Gasteiger partial charge in [-0.2, -0.15) is 0 Å². The highest BCUT2D eigenvalue weighted by Crippen LogP contribution is 2.23. The highest BCUT2D eigenvalue weighted by molar-refractivity contribution is 4.77. The lowest BCUT2D eigenvalue weighted by molar-refractivity contribution is -0.0658.